The Balaban J connectivity index is 1.96. The van der Waals surface area contributed by atoms with Crippen LogP contribution in [0.2, 0.25) is 0 Å². The zero-order chi connectivity index (χ0) is 15.6. The number of amides is 2. The van der Waals surface area contributed by atoms with Gasteiger partial charge in [0.1, 0.15) is 5.01 Å². The molecule has 21 heavy (non-hydrogen) atoms. The first-order valence-corrected chi connectivity index (χ1v) is 8.58. The number of aromatic carboxylic acids is 1. The Kier molecular flexibility index (Phi) is 5.10. The normalized spacial score (nSPS) is 23.7. The van der Waals surface area contributed by atoms with Crippen LogP contribution in [0, 0.1) is 0 Å². The Morgan fingerprint density at radius 2 is 2.05 bits per heavy atom. The molecule has 0 bridgehead atoms. The van der Waals surface area contributed by atoms with Crippen LogP contribution in [0.25, 0.3) is 0 Å². The zero-order valence-corrected chi connectivity index (χ0v) is 13.8. The summed E-state index contributed by atoms with van der Waals surface area (Å²) in [6.45, 7) is 7.50. The van der Waals surface area contributed by atoms with E-state index in [1.165, 1.54) is 16.7 Å². The van der Waals surface area contributed by atoms with Crippen LogP contribution in [0.15, 0.2) is 5.38 Å². The van der Waals surface area contributed by atoms with Crippen molar-refractivity contribution in [3.8, 4) is 0 Å². The summed E-state index contributed by atoms with van der Waals surface area (Å²) < 4.78 is 0. The fraction of sp³-hybridized carbons (Fsp3) is 0.615. The molecule has 2 amide bonds. The van der Waals surface area contributed by atoms with Gasteiger partial charge in [-0.2, -0.15) is 11.8 Å². The molecule has 0 aromatic carbocycles. The molecule has 3 unspecified atom stereocenters. The number of thioether (sulfide) groups is 1. The molecule has 1 aromatic rings. The average molecular weight is 329 g/mol. The Morgan fingerprint density at radius 3 is 2.57 bits per heavy atom. The predicted molar refractivity (Wildman–Crippen MR) is 84.1 cm³/mol. The molecule has 1 aliphatic rings. The van der Waals surface area contributed by atoms with Gasteiger partial charge in [-0.3, -0.25) is 0 Å². The van der Waals surface area contributed by atoms with Crippen molar-refractivity contribution in [1.29, 1.82) is 0 Å². The van der Waals surface area contributed by atoms with E-state index < -0.39 is 5.97 Å². The summed E-state index contributed by atoms with van der Waals surface area (Å²) in [5.74, 6) is -1.05. The molecule has 1 aromatic heterocycles. The van der Waals surface area contributed by atoms with E-state index in [1.54, 1.807) is 0 Å². The minimum atomic E-state index is -1.05. The highest BCUT2D eigenvalue weighted by Crippen LogP contribution is 2.25. The first-order chi connectivity index (χ1) is 9.86. The first-order valence-electron chi connectivity index (χ1n) is 6.76. The SMILES string of the molecule is CC1CN(C(=O)NC(C)c2nc(C(=O)O)cs2)CC(C)S1. The van der Waals surface area contributed by atoms with Crippen molar-refractivity contribution in [1.82, 2.24) is 15.2 Å². The summed E-state index contributed by atoms with van der Waals surface area (Å²) in [6, 6.07) is -0.413. The summed E-state index contributed by atoms with van der Waals surface area (Å²) >= 11 is 3.13. The van der Waals surface area contributed by atoms with Crippen LogP contribution in [0.3, 0.4) is 0 Å². The van der Waals surface area contributed by atoms with Crippen LogP contribution < -0.4 is 5.32 Å². The summed E-state index contributed by atoms with van der Waals surface area (Å²) in [7, 11) is 0. The van der Waals surface area contributed by atoms with Crippen LogP contribution in [0.5, 0.6) is 0 Å². The second-order valence-electron chi connectivity index (χ2n) is 5.21. The van der Waals surface area contributed by atoms with Gasteiger partial charge in [0.2, 0.25) is 0 Å². The molecule has 0 spiro atoms. The van der Waals surface area contributed by atoms with Crippen molar-refractivity contribution < 1.29 is 14.7 Å². The summed E-state index contributed by atoms with van der Waals surface area (Å²) in [4.78, 5) is 28.9. The minimum Gasteiger partial charge on any atom is -0.476 e. The fourth-order valence-electron chi connectivity index (χ4n) is 2.27. The van der Waals surface area contributed by atoms with Crippen molar-refractivity contribution in [2.24, 2.45) is 0 Å². The van der Waals surface area contributed by atoms with Crippen molar-refractivity contribution in [3.05, 3.63) is 16.1 Å². The van der Waals surface area contributed by atoms with Gasteiger partial charge in [0.15, 0.2) is 5.69 Å². The molecule has 2 rings (SSSR count). The smallest absolute Gasteiger partial charge is 0.355 e. The van der Waals surface area contributed by atoms with E-state index in [-0.39, 0.29) is 17.8 Å². The van der Waals surface area contributed by atoms with Gasteiger partial charge in [0.05, 0.1) is 6.04 Å². The Morgan fingerprint density at radius 1 is 1.43 bits per heavy atom. The van der Waals surface area contributed by atoms with Gasteiger partial charge in [-0.1, -0.05) is 13.8 Å². The van der Waals surface area contributed by atoms with E-state index in [0.717, 1.165) is 13.1 Å². The van der Waals surface area contributed by atoms with Gasteiger partial charge in [-0.15, -0.1) is 11.3 Å². The number of nitrogens with one attached hydrogen (secondary N) is 1. The van der Waals surface area contributed by atoms with Crippen LogP contribution in [-0.2, 0) is 0 Å². The van der Waals surface area contributed by atoms with Crippen LogP contribution in [-0.4, -0.2) is 50.6 Å². The number of carboxylic acids is 1. The zero-order valence-electron chi connectivity index (χ0n) is 12.2. The molecular formula is C13H19N3O3S2. The lowest BCUT2D eigenvalue weighted by Crippen LogP contribution is -2.49. The number of hydrogen-bond donors (Lipinski definition) is 2. The maximum Gasteiger partial charge on any atom is 0.355 e. The Bertz CT molecular complexity index is 524. The van der Waals surface area contributed by atoms with Gasteiger partial charge < -0.3 is 15.3 Å². The third-order valence-electron chi connectivity index (χ3n) is 3.16. The van der Waals surface area contributed by atoms with E-state index in [0.29, 0.717) is 15.5 Å². The molecule has 1 aliphatic heterocycles. The van der Waals surface area contributed by atoms with Gasteiger partial charge >= 0.3 is 12.0 Å². The third-order valence-corrected chi connectivity index (χ3v) is 5.41. The molecule has 6 nitrogen and oxygen atoms in total. The quantitative estimate of drug-likeness (QED) is 0.890. The number of thiazole rings is 1. The lowest BCUT2D eigenvalue weighted by molar-refractivity contribution is 0.0691. The number of rotatable bonds is 3. The first kappa shape index (κ1) is 16.1. The highest BCUT2D eigenvalue weighted by atomic mass is 32.2. The number of aromatic nitrogens is 1. The predicted octanol–water partition coefficient (Wildman–Crippen LogP) is 2.44. The van der Waals surface area contributed by atoms with Crippen molar-refractivity contribution in [3.63, 3.8) is 0 Å². The van der Waals surface area contributed by atoms with Crippen LogP contribution >= 0.6 is 23.1 Å². The Hall–Kier alpha value is -1.28. The molecular weight excluding hydrogens is 310 g/mol. The second-order valence-corrected chi connectivity index (χ2v) is 7.98. The number of urea groups is 1. The van der Waals surface area contributed by atoms with Gasteiger partial charge in [0, 0.05) is 29.0 Å². The van der Waals surface area contributed by atoms with Gasteiger partial charge in [-0.25, -0.2) is 14.6 Å². The molecule has 116 valence electrons. The number of carbonyl (C=O) groups is 2. The summed E-state index contributed by atoms with van der Waals surface area (Å²) in [6.07, 6.45) is 0. The number of nitrogens with zero attached hydrogens (tertiary/aromatic N) is 2. The summed E-state index contributed by atoms with van der Waals surface area (Å²) in [5, 5.41) is 14.7. The largest absolute Gasteiger partial charge is 0.476 e. The summed E-state index contributed by atoms with van der Waals surface area (Å²) in [5.41, 5.74) is 0.0210. The monoisotopic (exact) mass is 329 g/mol. The van der Waals surface area contributed by atoms with Crippen molar-refractivity contribution >= 4 is 35.1 Å². The Labute approximate surface area is 131 Å². The topological polar surface area (TPSA) is 82.5 Å². The second kappa shape index (κ2) is 6.65. The van der Waals surface area contributed by atoms with Crippen molar-refractivity contribution in [2.45, 2.75) is 37.3 Å². The number of hydrogen-bond acceptors (Lipinski definition) is 5. The highest BCUT2D eigenvalue weighted by molar-refractivity contribution is 8.00. The van der Waals surface area contributed by atoms with E-state index in [4.69, 9.17) is 5.11 Å². The fourth-order valence-corrected chi connectivity index (χ4v) is 4.39. The molecule has 2 heterocycles. The number of carboxylic acid groups (broad SMARTS) is 1. The molecule has 0 radical (unpaired) electrons. The third kappa shape index (κ3) is 4.10. The lowest BCUT2D eigenvalue weighted by Gasteiger charge is -2.35. The maximum absolute atomic E-state index is 12.3. The van der Waals surface area contributed by atoms with E-state index in [9.17, 15) is 9.59 Å². The molecule has 1 saturated heterocycles. The van der Waals surface area contributed by atoms with Gasteiger partial charge in [0.25, 0.3) is 0 Å². The van der Waals surface area contributed by atoms with Crippen LogP contribution in [0.4, 0.5) is 4.79 Å². The molecule has 3 atom stereocenters. The van der Waals surface area contributed by atoms with Crippen molar-refractivity contribution in [2.75, 3.05) is 13.1 Å². The number of carbonyl (C=O) groups excluding carboxylic acids is 1. The minimum absolute atomic E-state index is 0.0210. The molecule has 0 aliphatic carbocycles. The molecule has 0 saturated carbocycles. The van der Waals surface area contributed by atoms with E-state index in [1.807, 2.05) is 23.6 Å². The molecule has 8 heteroatoms. The average Bonchev–Trinajstić information content (AvgIpc) is 2.87. The van der Waals surface area contributed by atoms with E-state index in [2.05, 4.69) is 24.1 Å². The van der Waals surface area contributed by atoms with Crippen LogP contribution in [0.1, 0.15) is 42.3 Å². The van der Waals surface area contributed by atoms with E-state index >= 15 is 0 Å². The standard InChI is InChI=1S/C13H19N3O3S2/c1-7-4-16(5-8(2)21-7)13(19)14-9(3)11-15-10(6-20-11)12(17)18/h6-9H,4-5H2,1-3H3,(H,14,19)(H,17,18). The molecule has 1 fully saturated rings. The molecule has 2 N–H and O–H groups in total. The van der Waals surface area contributed by atoms with Gasteiger partial charge in [-0.05, 0) is 6.92 Å². The lowest BCUT2D eigenvalue weighted by atomic mass is 10.3. The highest BCUT2D eigenvalue weighted by Gasteiger charge is 2.27. The maximum atomic E-state index is 12.3.